The molecule has 6 heteroatoms. The van der Waals surface area contributed by atoms with Gasteiger partial charge in [0, 0.05) is 28.6 Å². The molecule has 1 aromatic heterocycles. The topological polar surface area (TPSA) is 71.1 Å². The van der Waals surface area contributed by atoms with E-state index in [4.69, 9.17) is 4.98 Å². The molecule has 2 amide bonds. The van der Waals surface area contributed by atoms with Crippen LogP contribution in [-0.4, -0.2) is 23.3 Å². The number of rotatable bonds is 7. The SMILES string of the molecule is Cc1ccc(-c2csc(-c3ccc(CNC(=O)CNC(=O)c4ccc(C(C)(C)C)cc4)cc3)n2)cc1. The second-order valence-corrected chi connectivity index (χ2v) is 10.7. The van der Waals surface area contributed by atoms with E-state index in [0.717, 1.165) is 33.0 Å². The molecule has 4 rings (SSSR count). The molecule has 2 N–H and O–H groups in total. The molecule has 0 atom stereocenters. The largest absolute Gasteiger partial charge is 0.350 e. The Bertz CT molecular complexity index is 1330. The maximum absolute atomic E-state index is 12.4. The van der Waals surface area contributed by atoms with E-state index in [1.54, 1.807) is 23.5 Å². The molecular weight excluding hydrogens is 466 g/mol. The van der Waals surface area contributed by atoms with Gasteiger partial charge in [-0.3, -0.25) is 9.59 Å². The number of thiazole rings is 1. The van der Waals surface area contributed by atoms with Crippen molar-refractivity contribution >= 4 is 23.2 Å². The second-order valence-electron chi connectivity index (χ2n) is 9.89. The standard InChI is InChI=1S/C30H31N3O2S/c1-20-5-9-22(10-6-20)26-19-36-29(33-26)24-11-7-21(8-12-24)17-31-27(34)18-32-28(35)23-13-15-25(16-14-23)30(2,3)4/h5-16,19H,17-18H2,1-4H3,(H,31,34)(H,32,35). The summed E-state index contributed by atoms with van der Waals surface area (Å²) in [5.41, 5.74) is 7.05. The molecule has 4 aromatic rings. The Hall–Kier alpha value is -3.77. The van der Waals surface area contributed by atoms with Crippen molar-refractivity contribution in [2.75, 3.05) is 6.54 Å². The van der Waals surface area contributed by atoms with Crippen LogP contribution in [0, 0.1) is 6.92 Å². The molecule has 0 spiro atoms. The van der Waals surface area contributed by atoms with Crippen molar-refractivity contribution in [3.05, 3.63) is 100 Å². The Morgan fingerprint density at radius 2 is 1.47 bits per heavy atom. The summed E-state index contributed by atoms with van der Waals surface area (Å²) in [5, 5.41) is 8.57. The number of nitrogens with zero attached hydrogens (tertiary/aromatic N) is 1. The normalized spacial score (nSPS) is 11.2. The minimum Gasteiger partial charge on any atom is -0.350 e. The summed E-state index contributed by atoms with van der Waals surface area (Å²) in [6.45, 7) is 8.77. The van der Waals surface area contributed by atoms with E-state index in [-0.39, 0.29) is 23.8 Å². The quantitative estimate of drug-likeness (QED) is 0.323. The van der Waals surface area contributed by atoms with Crippen molar-refractivity contribution in [3.8, 4) is 21.8 Å². The van der Waals surface area contributed by atoms with E-state index >= 15 is 0 Å². The average molecular weight is 498 g/mol. The Labute approximate surface area is 216 Å². The molecule has 0 bridgehead atoms. The van der Waals surface area contributed by atoms with E-state index in [2.05, 4.69) is 68.0 Å². The van der Waals surface area contributed by atoms with E-state index in [1.807, 2.05) is 36.4 Å². The number of carbonyl (C=O) groups is 2. The predicted molar refractivity (Wildman–Crippen MR) is 147 cm³/mol. The summed E-state index contributed by atoms with van der Waals surface area (Å²) >= 11 is 1.61. The first-order valence-corrected chi connectivity index (χ1v) is 12.8. The third kappa shape index (κ3) is 6.46. The number of nitrogens with one attached hydrogen (secondary N) is 2. The summed E-state index contributed by atoms with van der Waals surface area (Å²) in [6, 6.07) is 23.8. The highest BCUT2D eigenvalue weighted by molar-refractivity contribution is 7.13. The van der Waals surface area contributed by atoms with E-state index in [0.29, 0.717) is 12.1 Å². The Balaban J connectivity index is 1.26. The molecule has 0 radical (unpaired) electrons. The van der Waals surface area contributed by atoms with Crippen LogP contribution in [0.5, 0.6) is 0 Å². The van der Waals surface area contributed by atoms with Crippen LogP contribution in [0.3, 0.4) is 0 Å². The van der Waals surface area contributed by atoms with Crippen LogP contribution in [0.15, 0.2) is 78.2 Å². The fourth-order valence-corrected chi connectivity index (χ4v) is 4.51. The van der Waals surface area contributed by atoms with Crippen molar-refractivity contribution in [1.82, 2.24) is 15.6 Å². The minimum atomic E-state index is -0.261. The van der Waals surface area contributed by atoms with Crippen LogP contribution in [0.2, 0.25) is 0 Å². The first-order chi connectivity index (χ1) is 17.2. The van der Waals surface area contributed by atoms with Crippen LogP contribution in [0.25, 0.3) is 21.8 Å². The summed E-state index contributed by atoms with van der Waals surface area (Å²) in [6.07, 6.45) is 0. The highest BCUT2D eigenvalue weighted by atomic mass is 32.1. The lowest BCUT2D eigenvalue weighted by molar-refractivity contribution is -0.120. The summed E-state index contributed by atoms with van der Waals surface area (Å²) in [7, 11) is 0. The van der Waals surface area contributed by atoms with Crippen LogP contribution in [-0.2, 0) is 16.8 Å². The predicted octanol–water partition coefficient (Wildman–Crippen LogP) is 6.13. The lowest BCUT2D eigenvalue weighted by Gasteiger charge is -2.19. The van der Waals surface area contributed by atoms with Crippen molar-refractivity contribution in [2.45, 2.75) is 39.7 Å². The van der Waals surface area contributed by atoms with E-state index < -0.39 is 0 Å². The van der Waals surface area contributed by atoms with Gasteiger partial charge in [-0.05, 0) is 35.6 Å². The van der Waals surface area contributed by atoms with Crippen molar-refractivity contribution in [3.63, 3.8) is 0 Å². The van der Waals surface area contributed by atoms with Gasteiger partial charge in [0.2, 0.25) is 5.91 Å². The molecule has 0 unspecified atom stereocenters. The summed E-state index contributed by atoms with van der Waals surface area (Å²) < 4.78 is 0. The molecule has 0 saturated heterocycles. The first-order valence-electron chi connectivity index (χ1n) is 12.0. The van der Waals surface area contributed by atoms with Gasteiger partial charge in [0.1, 0.15) is 5.01 Å². The highest BCUT2D eigenvalue weighted by Gasteiger charge is 2.15. The van der Waals surface area contributed by atoms with Crippen molar-refractivity contribution < 1.29 is 9.59 Å². The Kier molecular flexibility index (Phi) is 7.65. The van der Waals surface area contributed by atoms with Crippen LogP contribution in [0.1, 0.15) is 47.8 Å². The molecule has 0 aliphatic heterocycles. The maximum atomic E-state index is 12.4. The van der Waals surface area contributed by atoms with Crippen LogP contribution in [0.4, 0.5) is 0 Å². The fraction of sp³-hybridized carbons (Fsp3) is 0.233. The molecule has 0 saturated carbocycles. The van der Waals surface area contributed by atoms with Gasteiger partial charge in [-0.1, -0.05) is 87.0 Å². The molecule has 0 fully saturated rings. The summed E-state index contributed by atoms with van der Waals surface area (Å²) in [4.78, 5) is 29.4. The maximum Gasteiger partial charge on any atom is 0.251 e. The Morgan fingerprint density at radius 1 is 0.833 bits per heavy atom. The zero-order valence-corrected chi connectivity index (χ0v) is 21.9. The van der Waals surface area contributed by atoms with Gasteiger partial charge < -0.3 is 10.6 Å². The van der Waals surface area contributed by atoms with E-state index in [9.17, 15) is 9.59 Å². The zero-order valence-electron chi connectivity index (χ0n) is 21.1. The monoisotopic (exact) mass is 497 g/mol. The lowest BCUT2D eigenvalue weighted by Crippen LogP contribution is -2.36. The van der Waals surface area contributed by atoms with Gasteiger partial charge in [-0.15, -0.1) is 11.3 Å². The lowest BCUT2D eigenvalue weighted by atomic mass is 9.87. The average Bonchev–Trinajstić information content (AvgIpc) is 3.36. The summed E-state index contributed by atoms with van der Waals surface area (Å²) in [5.74, 6) is -0.496. The first kappa shape index (κ1) is 25.3. The molecular formula is C30H31N3O2S. The smallest absolute Gasteiger partial charge is 0.251 e. The van der Waals surface area contributed by atoms with Gasteiger partial charge in [-0.2, -0.15) is 0 Å². The van der Waals surface area contributed by atoms with Crippen molar-refractivity contribution in [2.24, 2.45) is 0 Å². The molecule has 5 nitrogen and oxygen atoms in total. The highest BCUT2D eigenvalue weighted by Crippen LogP contribution is 2.29. The molecule has 36 heavy (non-hydrogen) atoms. The third-order valence-corrected chi connectivity index (χ3v) is 6.86. The van der Waals surface area contributed by atoms with Crippen LogP contribution < -0.4 is 10.6 Å². The van der Waals surface area contributed by atoms with Gasteiger partial charge in [-0.25, -0.2) is 4.98 Å². The third-order valence-electron chi connectivity index (χ3n) is 5.96. The number of aromatic nitrogens is 1. The molecule has 184 valence electrons. The van der Waals surface area contributed by atoms with Gasteiger partial charge in [0.05, 0.1) is 12.2 Å². The molecule has 0 aliphatic rings. The van der Waals surface area contributed by atoms with Crippen molar-refractivity contribution in [1.29, 1.82) is 0 Å². The fourth-order valence-electron chi connectivity index (χ4n) is 3.68. The van der Waals surface area contributed by atoms with E-state index in [1.165, 1.54) is 5.56 Å². The number of hydrogen-bond acceptors (Lipinski definition) is 4. The second kappa shape index (κ2) is 10.9. The number of aryl methyl sites for hydroxylation is 1. The molecule has 0 aliphatic carbocycles. The number of hydrogen-bond donors (Lipinski definition) is 2. The van der Waals surface area contributed by atoms with Gasteiger partial charge in [0.15, 0.2) is 0 Å². The minimum absolute atomic E-state index is 0.0255. The zero-order chi connectivity index (χ0) is 25.7. The van der Waals surface area contributed by atoms with Gasteiger partial charge in [0.25, 0.3) is 5.91 Å². The molecule has 1 heterocycles. The van der Waals surface area contributed by atoms with Gasteiger partial charge >= 0.3 is 0 Å². The Morgan fingerprint density at radius 3 is 2.11 bits per heavy atom. The number of benzene rings is 3. The molecule has 3 aromatic carbocycles. The number of carbonyl (C=O) groups excluding carboxylic acids is 2. The number of amides is 2. The van der Waals surface area contributed by atoms with Crippen LogP contribution >= 0.6 is 11.3 Å².